The van der Waals surface area contributed by atoms with Crippen LogP contribution in [0.15, 0.2) is 12.2 Å². The molecule has 4 aliphatic rings. The number of imide groups is 1. The van der Waals surface area contributed by atoms with E-state index in [9.17, 15) is 9.59 Å². The van der Waals surface area contributed by atoms with E-state index < -0.39 is 0 Å². The summed E-state index contributed by atoms with van der Waals surface area (Å²) in [6, 6.07) is 0. The van der Waals surface area contributed by atoms with Gasteiger partial charge >= 0.3 is 0 Å². The minimum atomic E-state index is -0.0288. The molecule has 0 aromatic heterocycles. The van der Waals surface area contributed by atoms with Crippen LogP contribution in [0.4, 0.5) is 0 Å². The van der Waals surface area contributed by atoms with E-state index in [0.717, 1.165) is 26.1 Å². The van der Waals surface area contributed by atoms with Gasteiger partial charge in [-0.15, -0.1) is 0 Å². The Balaban J connectivity index is 1.42. The summed E-state index contributed by atoms with van der Waals surface area (Å²) in [4.78, 5) is 29.0. The van der Waals surface area contributed by atoms with Crippen LogP contribution >= 0.6 is 0 Å². The number of amides is 2. The van der Waals surface area contributed by atoms with E-state index in [1.807, 2.05) is 0 Å². The van der Waals surface area contributed by atoms with Crippen molar-refractivity contribution >= 4 is 11.8 Å². The number of rotatable bonds is 3. The summed E-state index contributed by atoms with van der Waals surface area (Å²) in [7, 11) is 0. The molecule has 2 heterocycles. The predicted molar refractivity (Wildman–Crippen MR) is 74.7 cm³/mol. The average molecular weight is 274 g/mol. The number of hydrogen-bond donors (Lipinski definition) is 0. The fraction of sp³-hybridized carbons (Fsp3) is 0.750. The Morgan fingerprint density at radius 1 is 0.900 bits per heavy atom. The molecular weight excluding hydrogens is 252 g/mol. The summed E-state index contributed by atoms with van der Waals surface area (Å²) in [6.07, 6.45) is 9.16. The van der Waals surface area contributed by atoms with Crippen LogP contribution in [0, 0.1) is 23.7 Å². The maximum absolute atomic E-state index is 12.5. The van der Waals surface area contributed by atoms with Crippen LogP contribution in [0.1, 0.15) is 25.7 Å². The van der Waals surface area contributed by atoms with Gasteiger partial charge in [-0.2, -0.15) is 0 Å². The lowest BCUT2D eigenvalue weighted by atomic mass is 9.85. The second-order valence-corrected chi connectivity index (χ2v) is 6.73. The van der Waals surface area contributed by atoms with Crippen molar-refractivity contribution in [3.05, 3.63) is 12.2 Å². The van der Waals surface area contributed by atoms with Crippen molar-refractivity contribution in [1.29, 1.82) is 0 Å². The Kier molecular flexibility index (Phi) is 2.95. The second kappa shape index (κ2) is 4.69. The summed E-state index contributed by atoms with van der Waals surface area (Å²) in [5.41, 5.74) is 0. The molecule has 4 atom stereocenters. The van der Waals surface area contributed by atoms with Gasteiger partial charge in [0.05, 0.1) is 11.8 Å². The monoisotopic (exact) mass is 274 g/mol. The number of hydrogen-bond acceptors (Lipinski definition) is 3. The van der Waals surface area contributed by atoms with Crippen molar-refractivity contribution in [2.75, 3.05) is 26.2 Å². The normalized spacial score (nSPS) is 39.9. The highest BCUT2D eigenvalue weighted by molar-refractivity contribution is 6.06. The van der Waals surface area contributed by atoms with E-state index in [4.69, 9.17) is 0 Å². The molecule has 0 unspecified atom stereocenters. The highest BCUT2D eigenvalue weighted by atomic mass is 16.2. The van der Waals surface area contributed by atoms with Gasteiger partial charge in [0.2, 0.25) is 11.8 Å². The standard InChI is InChI=1S/C16H22N2O2/c19-15-13-11-4-5-12(10-11)14(13)16(20)18(15)9-8-17-6-2-1-3-7-17/h4-5,11-14H,1-3,6-10H2/t11-,12+,13-,14+. The smallest absolute Gasteiger partial charge is 0.233 e. The lowest BCUT2D eigenvalue weighted by molar-refractivity contribution is -0.140. The van der Waals surface area contributed by atoms with Crippen LogP contribution in [0.3, 0.4) is 0 Å². The number of allylic oxidation sites excluding steroid dienone is 2. The van der Waals surface area contributed by atoms with Gasteiger partial charge in [-0.25, -0.2) is 0 Å². The van der Waals surface area contributed by atoms with E-state index in [1.165, 1.54) is 19.3 Å². The van der Waals surface area contributed by atoms with Crippen molar-refractivity contribution in [1.82, 2.24) is 9.80 Å². The first-order chi connectivity index (χ1) is 9.75. The highest BCUT2D eigenvalue weighted by Gasteiger charge is 2.58. The first-order valence-corrected chi connectivity index (χ1v) is 8.01. The van der Waals surface area contributed by atoms with Crippen molar-refractivity contribution in [3.63, 3.8) is 0 Å². The van der Waals surface area contributed by atoms with E-state index in [1.54, 1.807) is 4.90 Å². The number of carbonyl (C=O) groups excluding carboxylic acids is 2. The highest BCUT2D eigenvalue weighted by Crippen LogP contribution is 2.52. The van der Waals surface area contributed by atoms with Crippen LogP contribution in [-0.4, -0.2) is 47.8 Å². The van der Waals surface area contributed by atoms with Crippen LogP contribution in [0.2, 0.25) is 0 Å². The van der Waals surface area contributed by atoms with Crippen molar-refractivity contribution in [3.8, 4) is 0 Å². The molecule has 0 aromatic carbocycles. The fourth-order valence-corrected chi connectivity index (χ4v) is 4.61. The molecule has 2 aliphatic heterocycles. The molecule has 0 aromatic rings. The average Bonchev–Trinajstić information content (AvgIpc) is 3.13. The summed E-state index contributed by atoms with van der Waals surface area (Å²) in [5, 5.41) is 0. The maximum Gasteiger partial charge on any atom is 0.233 e. The molecule has 1 saturated carbocycles. The lowest BCUT2D eigenvalue weighted by Gasteiger charge is -2.28. The number of likely N-dealkylation sites (tertiary alicyclic amines) is 2. The molecule has 4 heteroatoms. The third-order valence-electron chi connectivity index (χ3n) is 5.65. The Morgan fingerprint density at radius 2 is 1.50 bits per heavy atom. The van der Waals surface area contributed by atoms with Gasteiger partial charge in [-0.05, 0) is 44.2 Å². The zero-order chi connectivity index (χ0) is 13.7. The molecule has 2 amide bonds. The minimum Gasteiger partial charge on any atom is -0.302 e. The summed E-state index contributed by atoms with van der Waals surface area (Å²) >= 11 is 0. The van der Waals surface area contributed by atoms with E-state index >= 15 is 0 Å². The van der Waals surface area contributed by atoms with Crippen molar-refractivity contribution < 1.29 is 9.59 Å². The zero-order valence-corrected chi connectivity index (χ0v) is 11.8. The molecule has 0 radical (unpaired) electrons. The van der Waals surface area contributed by atoms with Gasteiger partial charge in [-0.3, -0.25) is 14.5 Å². The Bertz CT molecular complexity index is 437. The first-order valence-electron chi connectivity index (χ1n) is 8.01. The Morgan fingerprint density at radius 3 is 2.10 bits per heavy atom. The number of fused-ring (bicyclic) bond motifs is 5. The van der Waals surface area contributed by atoms with Gasteiger partial charge in [0.1, 0.15) is 0 Å². The molecule has 2 aliphatic carbocycles. The molecule has 4 rings (SSSR count). The zero-order valence-electron chi connectivity index (χ0n) is 11.8. The van der Waals surface area contributed by atoms with Crippen LogP contribution < -0.4 is 0 Å². The summed E-state index contributed by atoms with van der Waals surface area (Å²) in [6.45, 7) is 3.70. The molecule has 0 N–H and O–H groups in total. The topological polar surface area (TPSA) is 40.6 Å². The van der Waals surface area contributed by atoms with E-state index in [-0.39, 0.29) is 23.7 Å². The lowest BCUT2D eigenvalue weighted by Crippen LogP contribution is -2.41. The fourth-order valence-electron chi connectivity index (χ4n) is 4.61. The minimum absolute atomic E-state index is 0.0288. The van der Waals surface area contributed by atoms with Gasteiger partial charge in [0, 0.05) is 13.1 Å². The largest absolute Gasteiger partial charge is 0.302 e. The summed E-state index contributed by atoms with van der Waals surface area (Å²) in [5.74, 6) is 0.823. The van der Waals surface area contributed by atoms with Crippen molar-refractivity contribution in [2.45, 2.75) is 25.7 Å². The van der Waals surface area contributed by atoms with Gasteiger partial charge in [0.15, 0.2) is 0 Å². The van der Waals surface area contributed by atoms with Gasteiger partial charge in [0.25, 0.3) is 0 Å². The van der Waals surface area contributed by atoms with Crippen molar-refractivity contribution in [2.24, 2.45) is 23.7 Å². The van der Waals surface area contributed by atoms with Gasteiger partial charge in [-0.1, -0.05) is 18.6 Å². The maximum atomic E-state index is 12.5. The number of carbonyl (C=O) groups is 2. The number of piperidine rings is 1. The molecule has 20 heavy (non-hydrogen) atoms. The third-order valence-corrected chi connectivity index (χ3v) is 5.65. The van der Waals surface area contributed by atoms with Crippen LogP contribution in [0.25, 0.3) is 0 Å². The van der Waals surface area contributed by atoms with E-state index in [2.05, 4.69) is 17.1 Å². The molecular formula is C16H22N2O2. The van der Waals surface area contributed by atoms with Crippen LogP contribution in [0.5, 0.6) is 0 Å². The molecule has 2 bridgehead atoms. The molecule has 108 valence electrons. The Hall–Kier alpha value is -1.16. The molecule has 0 spiro atoms. The predicted octanol–water partition coefficient (Wildman–Crippen LogP) is 1.28. The molecule has 3 fully saturated rings. The first kappa shape index (κ1) is 12.6. The molecule has 4 nitrogen and oxygen atoms in total. The second-order valence-electron chi connectivity index (χ2n) is 6.73. The third kappa shape index (κ3) is 1.77. The Labute approximate surface area is 119 Å². The quantitative estimate of drug-likeness (QED) is 0.575. The van der Waals surface area contributed by atoms with Crippen LogP contribution in [-0.2, 0) is 9.59 Å². The summed E-state index contributed by atoms with van der Waals surface area (Å²) < 4.78 is 0. The number of nitrogens with zero attached hydrogens (tertiary/aromatic N) is 2. The SMILES string of the molecule is O=C1[C@@H]2[C@H](C(=O)N1CCN1CCCCC1)[C@@H]1C=C[C@H]2C1. The molecule has 2 saturated heterocycles. The van der Waals surface area contributed by atoms with E-state index in [0.29, 0.717) is 18.4 Å². The van der Waals surface area contributed by atoms with Gasteiger partial charge < -0.3 is 4.90 Å².